The minimum absolute atomic E-state index is 0.144. The van der Waals surface area contributed by atoms with Gasteiger partial charge in [-0.2, -0.15) is 0 Å². The molecule has 1 atom stereocenters. The van der Waals surface area contributed by atoms with E-state index in [9.17, 15) is 4.79 Å². The Morgan fingerprint density at radius 3 is 2.57 bits per heavy atom. The summed E-state index contributed by atoms with van der Waals surface area (Å²) in [5, 5.41) is 4.85. The molecular formula is C17H24Cl2N2O2. The third-order valence-electron chi connectivity index (χ3n) is 3.72. The number of amides is 1. The fourth-order valence-electron chi connectivity index (χ4n) is 2.56. The molecule has 0 radical (unpaired) electrons. The zero-order chi connectivity index (χ0) is 17.2. The van der Waals surface area contributed by atoms with E-state index in [1.165, 1.54) is 0 Å². The van der Waals surface area contributed by atoms with Crippen molar-refractivity contribution < 1.29 is 9.53 Å². The Kier molecular flexibility index (Phi) is 5.82. The number of halogens is 2. The van der Waals surface area contributed by atoms with Crippen molar-refractivity contribution in [3.63, 3.8) is 0 Å². The number of benzene rings is 1. The Labute approximate surface area is 148 Å². The van der Waals surface area contributed by atoms with Crippen LogP contribution in [0.25, 0.3) is 0 Å². The number of hydrogen-bond donors (Lipinski definition) is 1. The zero-order valence-electron chi connectivity index (χ0n) is 14.0. The fourth-order valence-corrected chi connectivity index (χ4v) is 3.10. The van der Waals surface area contributed by atoms with E-state index in [-0.39, 0.29) is 18.2 Å². The lowest BCUT2D eigenvalue weighted by Crippen LogP contribution is -2.61. The van der Waals surface area contributed by atoms with Crippen LogP contribution < -0.4 is 5.32 Å². The molecule has 1 saturated heterocycles. The van der Waals surface area contributed by atoms with Crippen LogP contribution in [0.4, 0.5) is 4.79 Å². The van der Waals surface area contributed by atoms with Crippen LogP contribution in [0.2, 0.25) is 10.0 Å². The number of likely N-dealkylation sites (tertiary alicyclic amines) is 1. The van der Waals surface area contributed by atoms with Gasteiger partial charge in [0.2, 0.25) is 0 Å². The molecule has 128 valence electrons. The lowest BCUT2D eigenvalue weighted by atomic mass is 10.0. The first-order valence-electron chi connectivity index (χ1n) is 7.88. The maximum Gasteiger partial charge on any atom is 0.410 e. The highest BCUT2D eigenvalue weighted by atomic mass is 35.5. The molecule has 1 amide bonds. The highest BCUT2D eigenvalue weighted by Crippen LogP contribution is 2.29. The molecule has 0 aromatic heterocycles. The summed E-state index contributed by atoms with van der Waals surface area (Å²) in [7, 11) is 0. The molecule has 1 aromatic carbocycles. The van der Waals surface area contributed by atoms with Crippen molar-refractivity contribution in [1.29, 1.82) is 0 Å². The smallest absolute Gasteiger partial charge is 0.410 e. The number of nitrogens with zero attached hydrogens (tertiary/aromatic N) is 1. The first kappa shape index (κ1) is 18.4. The zero-order valence-corrected chi connectivity index (χ0v) is 15.5. The van der Waals surface area contributed by atoms with Gasteiger partial charge in [-0.25, -0.2) is 4.79 Å². The highest BCUT2D eigenvalue weighted by Gasteiger charge is 2.34. The molecule has 1 aliphatic heterocycles. The molecule has 0 spiro atoms. The number of nitrogens with one attached hydrogen (secondary N) is 1. The minimum atomic E-state index is -0.460. The molecule has 0 aliphatic carbocycles. The van der Waals surface area contributed by atoms with Crippen LogP contribution in [0.5, 0.6) is 0 Å². The molecule has 1 heterocycles. The van der Waals surface area contributed by atoms with Gasteiger partial charge in [-0.1, -0.05) is 36.2 Å². The molecule has 6 heteroatoms. The minimum Gasteiger partial charge on any atom is -0.444 e. The average Bonchev–Trinajstić information content (AvgIpc) is 2.36. The first-order chi connectivity index (χ1) is 10.7. The topological polar surface area (TPSA) is 41.6 Å². The van der Waals surface area contributed by atoms with Crippen LogP contribution in [0, 0.1) is 0 Å². The van der Waals surface area contributed by atoms with Crippen LogP contribution in [-0.4, -0.2) is 35.7 Å². The largest absolute Gasteiger partial charge is 0.444 e. The van der Waals surface area contributed by atoms with Gasteiger partial charge in [0.15, 0.2) is 0 Å². The number of carbonyl (C=O) groups is 1. The predicted molar refractivity (Wildman–Crippen MR) is 94.2 cm³/mol. The quantitative estimate of drug-likeness (QED) is 0.851. The summed E-state index contributed by atoms with van der Waals surface area (Å²) in [4.78, 5) is 13.7. The van der Waals surface area contributed by atoms with Gasteiger partial charge in [0, 0.05) is 35.2 Å². The van der Waals surface area contributed by atoms with Gasteiger partial charge in [0.1, 0.15) is 5.60 Å². The van der Waals surface area contributed by atoms with Gasteiger partial charge >= 0.3 is 6.09 Å². The third-order valence-corrected chi connectivity index (χ3v) is 4.28. The number of ether oxygens (including phenoxy) is 1. The van der Waals surface area contributed by atoms with Crippen molar-refractivity contribution in [3.05, 3.63) is 33.8 Å². The molecule has 4 nitrogen and oxygen atoms in total. The molecule has 1 N–H and O–H groups in total. The molecule has 23 heavy (non-hydrogen) atoms. The summed E-state index contributed by atoms with van der Waals surface area (Å²) in [6.45, 7) is 9.02. The van der Waals surface area contributed by atoms with Gasteiger partial charge in [-0.05, 0) is 44.9 Å². The second kappa shape index (κ2) is 7.29. The van der Waals surface area contributed by atoms with Crippen molar-refractivity contribution in [2.75, 3.05) is 13.1 Å². The third kappa shape index (κ3) is 5.00. The SMILES string of the molecule is CCC(NC1CN(C(=O)OC(C)(C)C)C1)c1ccc(Cl)cc1Cl. The molecule has 2 rings (SSSR count). The lowest BCUT2D eigenvalue weighted by molar-refractivity contribution is 0.00408. The molecular weight excluding hydrogens is 335 g/mol. The molecule has 0 saturated carbocycles. The second-order valence-electron chi connectivity index (χ2n) is 6.88. The van der Waals surface area contributed by atoms with Gasteiger partial charge in [-0.15, -0.1) is 0 Å². The van der Waals surface area contributed by atoms with E-state index in [4.69, 9.17) is 27.9 Å². The van der Waals surface area contributed by atoms with E-state index in [0.717, 1.165) is 12.0 Å². The lowest BCUT2D eigenvalue weighted by Gasteiger charge is -2.41. The standard InChI is InChI=1S/C17H24Cl2N2O2/c1-5-15(13-7-6-11(18)8-14(13)19)20-12-9-21(10-12)16(22)23-17(2,3)4/h6-8,12,15,20H,5,9-10H2,1-4H3. The summed E-state index contributed by atoms with van der Waals surface area (Å²) in [5.74, 6) is 0. The summed E-state index contributed by atoms with van der Waals surface area (Å²) < 4.78 is 5.36. The summed E-state index contributed by atoms with van der Waals surface area (Å²) in [6.07, 6.45) is 0.651. The maximum atomic E-state index is 11.9. The van der Waals surface area contributed by atoms with Crippen molar-refractivity contribution in [1.82, 2.24) is 10.2 Å². The van der Waals surface area contributed by atoms with E-state index >= 15 is 0 Å². The monoisotopic (exact) mass is 358 g/mol. The maximum absolute atomic E-state index is 11.9. The average molecular weight is 359 g/mol. The molecule has 1 aliphatic rings. The Morgan fingerprint density at radius 1 is 1.39 bits per heavy atom. The Morgan fingerprint density at radius 2 is 2.04 bits per heavy atom. The van der Waals surface area contributed by atoms with Crippen molar-refractivity contribution in [2.24, 2.45) is 0 Å². The van der Waals surface area contributed by atoms with Crippen molar-refractivity contribution in [2.45, 2.75) is 51.8 Å². The Bertz CT molecular complexity index is 566. The van der Waals surface area contributed by atoms with Gasteiger partial charge in [0.25, 0.3) is 0 Å². The Balaban J connectivity index is 1.89. The summed E-state index contributed by atoms with van der Waals surface area (Å²) >= 11 is 12.2. The van der Waals surface area contributed by atoms with Crippen molar-refractivity contribution >= 4 is 29.3 Å². The Hall–Kier alpha value is -0.970. The van der Waals surface area contributed by atoms with Gasteiger partial charge in [-0.3, -0.25) is 0 Å². The van der Waals surface area contributed by atoms with E-state index in [2.05, 4.69) is 12.2 Å². The second-order valence-corrected chi connectivity index (χ2v) is 7.72. The van der Waals surface area contributed by atoms with Crippen molar-refractivity contribution in [3.8, 4) is 0 Å². The normalized spacial score (nSPS) is 16.9. The van der Waals surface area contributed by atoms with E-state index in [1.54, 1.807) is 11.0 Å². The molecule has 0 bridgehead atoms. The number of carbonyl (C=O) groups excluding carboxylic acids is 1. The van der Waals surface area contributed by atoms with E-state index in [0.29, 0.717) is 23.1 Å². The van der Waals surface area contributed by atoms with E-state index < -0.39 is 5.60 Å². The summed E-state index contributed by atoms with van der Waals surface area (Å²) in [6, 6.07) is 5.96. The fraction of sp³-hybridized carbons (Fsp3) is 0.588. The van der Waals surface area contributed by atoms with Crippen LogP contribution in [0.3, 0.4) is 0 Å². The number of hydrogen-bond acceptors (Lipinski definition) is 3. The highest BCUT2D eigenvalue weighted by molar-refractivity contribution is 6.35. The van der Waals surface area contributed by atoms with Gasteiger partial charge in [0.05, 0.1) is 0 Å². The first-order valence-corrected chi connectivity index (χ1v) is 8.64. The molecule has 1 fully saturated rings. The van der Waals surface area contributed by atoms with Gasteiger partial charge < -0.3 is 15.0 Å². The van der Waals surface area contributed by atoms with Crippen LogP contribution >= 0.6 is 23.2 Å². The predicted octanol–water partition coefficient (Wildman–Crippen LogP) is 4.65. The number of rotatable bonds is 4. The van der Waals surface area contributed by atoms with E-state index in [1.807, 2.05) is 32.9 Å². The molecule has 1 unspecified atom stereocenters. The summed E-state index contributed by atoms with van der Waals surface area (Å²) in [5.41, 5.74) is 0.576. The van der Waals surface area contributed by atoms with Crippen LogP contribution in [-0.2, 0) is 4.74 Å². The van der Waals surface area contributed by atoms with Crippen LogP contribution in [0.15, 0.2) is 18.2 Å². The van der Waals surface area contributed by atoms with Crippen LogP contribution in [0.1, 0.15) is 45.7 Å². The molecule has 1 aromatic rings.